The van der Waals surface area contributed by atoms with E-state index in [0.717, 1.165) is 22.3 Å². The average Bonchev–Trinajstić information content (AvgIpc) is 3.10. The van der Waals surface area contributed by atoms with E-state index in [9.17, 15) is 10.2 Å². The summed E-state index contributed by atoms with van der Waals surface area (Å²) in [6.45, 7) is 5.64. The SMILES string of the molecule is C=C(O)/C=C\c1cc(C2(c3ccc(O)cc3)c3ccccc3-c3ccccc32)ccc1C. The molecular formula is C30H24O2. The second-order valence-corrected chi connectivity index (χ2v) is 8.28. The van der Waals surface area contributed by atoms with Crippen molar-refractivity contribution >= 4 is 6.08 Å². The summed E-state index contributed by atoms with van der Waals surface area (Å²) in [5, 5.41) is 19.6. The zero-order valence-electron chi connectivity index (χ0n) is 17.9. The summed E-state index contributed by atoms with van der Waals surface area (Å²) in [4.78, 5) is 0. The molecule has 4 aromatic rings. The van der Waals surface area contributed by atoms with Crippen molar-refractivity contribution in [2.75, 3.05) is 0 Å². The molecule has 2 nitrogen and oxygen atoms in total. The van der Waals surface area contributed by atoms with E-state index in [1.165, 1.54) is 22.3 Å². The number of aromatic hydroxyl groups is 1. The van der Waals surface area contributed by atoms with Gasteiger partial charge in [0.05, 0.1) is 5.41 Å². The van der Waals surface area contributed by atoms with Gasteiger partial charge in [-0.1, -0.05) is 85.5 Å². The zero-order valence-corrected chi connectivity index (χ0v) is 17.9. The summed E-state index contributed by atoms with van der Waals surface area (Å²) < 4.78 is 0. The maximum Gasteiger partial charge on any atom is 0.115 e. The van der Waals surface area contributed by atoms with Gasteiger partial charge < -0.3 is 10.2 Å². The first-order valence-electron chi connectivity index (χ1n) is 10.7. The van der Waals surface area contributed by atoms with Gasteiger partial charge >= 0.3 is 0 Å². The minimum Gasteiger partial charge on any atom is -0.509 e. The molecule has 4 aromatic carbocycles. The van der Waals surface area contributed by atoms with Crippen LogP contribution in [0.2, 0.25) is 0 Å². The number of rotatable bonds is 4. The van der Waals surface area contributed by atoms with Crippen LogP contribution in [-0.4, -0.2) is 10.2 Å². The van der Waals surface area contributed by atoms with E-state index in [2.05, 4.69) is 80.2 Å². The van der Waals surface area contributed by atoms with Crippen LogP contribution in [0, 0.1) is 6.92 Å². The van der Waals surface area contributed by atoms with Gasteiger partial charge in [-0.05, 0) is 75.7 Å². The molecule has 2 heteroatoms. The molecule has 156 valence electrons. The molecule has 32 heavy (non-hydrogen) atoms. The first kappa shape index (κ1) is 19.9. The molecule has 2 N–H and O–H groups in total. The van der Waals surface area contributed by atoms with Crippen LogP contribution in [0.15, 0.2) is 109 Å². The van der Waals surface area contributed by atoms with Crippen LogP contribution >= 0.6 is 0 Å². The topological polar surface area (TPSA) is 40.5 Å². The number of hydrogen-bond donors (Lipinski definition) is 2. The van der Waals surface area contributed by atoms with Crippen molar-refractivity contribution in [1.29, 1.82) is 0 Å². The molecule has 0 bridgehead atoms. The largest absolute Gasteiger partial charge is 0.509 e. The first-order chi connectivity index (χ1) is 15.5. The second-order valence-electron chi connectivity index (χ2n) is 8.28. The van der Waals surface area contributed by atoms with E-state index in [0.29, 0.717) is 0 Å². The van der Waals surface area contributed by atoms with Crippen LogP contribution in [-0.2, 0) is 5.41 Å². The Morgan fingerprint density at radius 1 is 0.781 bits per heavy atom. The maximum absolute atomic E-state index is 10.0. The Kier molecular flexibility index (Phi) is 4.71. The third kappa shape index (κ3) is 2.96. The molecule has 5 rings (SSSR count). The summed E-state index contributed by atoms with van der Waals surface area (Å²) in [7, 11) is 0. The summed E-state index contributed by atoms with van der Waals surface area (Å²) in [5.41, 5.74) is 8.73. The van der Waals surface area contributed by atoms with Crippen LogP contribution in [0.3, 0.4) is 0 Å². The highest BCUT2D eigenvalue weighted by atomic mass is 16.3. The van der Waals surface area contributed by atoms with Crippen LogP contribution < -0.4 is 0 Å². The molecule has 0 radical (unpaired) electrons. The summed E-state index contributed by atoms with van der Waals surface area (Å²) >= 11 is 0. The maximum atomic E-state index is 10.0. The normalized spacial score (nSPS) is 13.7. The standard InChI is InChI=1S/C30H24O2/c1-20-11-14-24(19-22(20)13-12-21(2)31)30(23-15-17-25(32)18-16-23)28-9-5-3-7-26(28)27-8-4-6-10-29(27)30/h3-19,31-32H,2H2,1H3/b13-12-. The Hall–Kier alpha value is -4.04. The van der Waals surface area contributed by atoms with E-state index >= 15 is 0 Å². The zero-order chi connectivity index (χ0) is 22.3. The third-order valence-corrected chi connectivity index (χ3v) is 6.42. The highest BCUT2D eigenvalue weighted by Crippen LogP contribution is 2.56. The van der Waals surface area contributed by atoms with Crippen LogP contribution in [0.4, 0.5) is 0 Å². The van der Waals surface area contributed by atoms with E-state index in [1.807, 2.05) is 18.2 Å². The molecule has 1 aliphatic carbocycles. The minimum absolute atomic E-state index is 0.0274. The van der Waals surface area contributed by atoms with Gasteiger partial charge in [-0.2, -0.15) is 0 Å². The molecule has 0 saturated heterocycles. The lowest BCUT2D eigenvalue weighted by Crippen LogP contribution is -2.28. The molecule has 0 heterocycles. The Morgan fingerprint density at radius 3 is 1.94 bits per heavy atom. The number of benzene rings is 4. The molecule has 0 atom stereocenters. The van der Waals surface area contributed by atoms with Crippen LogP contribution in [0.1, 0.15) is 33.4 Å². The van der Waals surface area contributed by atoms with Crippen molar-refractivity contribution in [3.8, 4) is 16.9 Å². The van der Waals surface area contributed by atoms with Gasteiger partial charge in [-0.15, -0.1) is 0 Å². The molecule has 0 unspecified atom stereocenters. The fourth-order valence-corrected chi connectivity index (χ4v) is 4.97. The molecular weight excluding hydrogens is 392 g/mol. The van der Waals surface area contributed by atoms with Crippen LogP contribution in [0.25, 0.3) is 17.2 Å². The van der Waals surface area contributed by atoms with Gasteiger partial charge in [0, 0.05) is 0 Å². The van der Waals surface area contributed by atoms with Crippen molar-refractivity contribution in [1.82, 2.24) is 0 Å². The summed E-state index contributed by atoms with van der Waals surface area (Å²) in [6.07, 6.45) is 3.52. The van der Waals surface area contributed by atoms with E-state index in [-0.39, 0.29) is 11.5 Å². The lowest BCUT2D eigenvalue weighted by Gasteiger charge is -2.34. The third-order valence-electron chi connectivity index (χ3n) is 6.42. The summed E-state index contributed by atoms with van der Waals surface area (Å²) in [5.74, 6) is 0.275. The number of aliphatic hydroxyl groups is 1. The first-order valence-corrected chi connectivity index (χ1v) is 10.7. The molecule has 0 amide bonds. The lowest BCUT2D eigenvalue weighted by molar-refractivity contribution is 0.436. The highest BCUT2D eigenvalue weighted by Gasteiger charge is 2.45. The number of fused-ring (bicyclic) bond motifs is 3. The molecule has 0 saturated carbocycles. The Labute approximate surface area is 188 Å². The number of phenols is 1. The van der Waals surface area contributed by atoms with Crippen molar-refractivity contribution in [3.05, 3.63) is 143 Å². The number of aliphatic hydroxyl groups excluding tert-OH is 1. The van der Waals surface area contributed by atoms with Gasteiger partial charge in [0.15, 0.2) is 0 Å². The smallest absolute Gasteiger partial charge is 0.115 e. The van der Waals surface area contributed by atoms with Crippen molar-refractivity contribution in [2.45, 2.75) is 12.3 Å². The van der Waals surface area contributed by atoms with Gasteiger partial charge in [0.25, 0.3) is 0 Å². The predicted octanol–water partition coefficient (Wildman–Crippen LogP) is 7.15. The number of aryl methyl sites for hydroxylation is 1. The average molecular weight is 417 g/mol. The van der Waals surface area contributed by atoms with E-state index in [4.69, 9.17) is 0 Å². The Morgan fingerprint density at radius 2 is 1.34 bits per heavy atom. The number of hydrogen-bond acceptors (Lipinski definition) is 2. The van der Waals surface area contributed by atoms with Crippen molar-refractivity contribution in [2.24, 2.45) is 0 Å². The van der Waals surface area contributed by atoms with E-state index < -0.39 is 5.41 Å². The fourth-order valence-electron chi connectivity index (χ4n) is 4.97. The second kappa shape index (κ2) is 7.58. The molecule has 1 aliphatic rings. The number of allylic oxidation sites excluding steroid dienone is 1. The van der Waals surface area contributed by atoms with Gasteiger partial charge in [-0.25, -0.2) is 0 Å². The van der Waals surface area contributed by atoms with Gasteiger partial charge in [0.1, 0.15) is 11.5 Å². The quantitative estimate of drug-likeness (QED) is 0.241. The minimum atomic E-state index is -0.520. The Balaban J connectivity index is 1.88. The fraction of sp³-hybridized carbons (Fsp3) is 0.0667. The lowest BCUT2D eigenvalue weighted by atomic mass is 9.67. The van der Waals surface area contributed by atoms with Crippen molar-refractivity contribution < 1.29 is 10.2 Å². The molecule has 0 spiro atoms. The van der Waals surface area contributed by atoms with Gasteiger partial charge in [-0.3, -0.25) is 0 Å². The van der Waals surface area contributed by atoms with Crippen molar-refractivity contribution in [3.63, 3.8) is 0 Å². The highest BCUT2D eigenvalue weighted by molar-refractivity contribution is 5.86. The predicted molar refractivity (Wildman–Crippen MR) is 131 cm³/mol. The Bertz CT molecular complexity index is 1310. The number of phenolic OH excluding ortho intramolecular Hbond substituents is 1. The summed E-state index contributed by atoms with van der Waals surface area (Å²) in [6, 6.07) is 31.2. The molecule has 0 fully saturated rings. The monoisotopic (exact) mass is 416 g/mol. The molecule has 0 aliphatic heterocycles. The van der Waals surface area contributed by atoms with E-state index in [1.54, 1.807) is 18.2 Å². The van der Waals surface area contributed by atoms with Gasteiger partial charge in [0.2, 0.25) is 0 Å². The van der Waals surface area contributed by atoms with Crippen LogP contribution in [0.5, 0.6) is 5.75 Å². The molecule has 0 aromatic heterocycles.